The van der Waals surface area contributed by atoms with Crippen LogP contribution in [-0.4, -0.2) is 18.5 Å². The van der Waals surface area contributed by atoms with Crippen molar-refractivity contribution in [3.8, 4) is 0 Å². The van der Waals surface area contributed by atoms with E-state index in [0.29, 0.717) is 5.56 Å². The SMILES string of the molecule is CCc1ccccc1NC(=O)COC(=O)c1cc(C)cc(C)c1. The lowest BCUT2D eigenvalue weighted by Gasteiger charge is -2.10. The lowest BCUT2D eigenvalue weighted by atomic mass is 10.1. The molecule has 0 aliphatic heterocycles. The van der Waals surface area contributed by atoms with Crippen molar-refractivity contribution in [3.63, 3.8) is 0 Å². The maximum absolute atomic E-state index is 12.0. The molecule has 0 aliphatic rings. The molecule has 4 heteroatoms. The molecule has 0 unspecified atom stereocenters. The fourth-order valence-corrected chi connectivity index (χ4v) is 2.44. The van der Waals surface area contributed by atoms with E-state index in [1.54, 1.807) is 12.1 Å². The summed E-state index contributed by atoms with van der Waals surface area (Å²) in [6, 6.07) is 13.1. The van der Waals surface area contributed by atoms with Gasteiger partial charge in [0.15, 0.2) is 6.61 Å². The first-order chi connectivity index (χ1) is 11.0. The molecule has 4 nitrogen and oxygen atoms in total. The number of carbonyl (C=O) groups excluding carboxylic acids is 2. The smallest absolute Gasteiger partial charge is 0.338 e. The summed E-state index contributed by atoms with van der Waals surface area (Å²) < 4.78 is 5.09. The van der Waals surface area contributed by atoms with Gasteiger partial charge < -0.3 is 10.1 Å². The number of esters is 1. The average Bonchev–Trinajstić information content (AvgIpc) is 2.52. The Morgan fingerprint density at radius 1 is 1.04 bits per heavy atom. The van der Waals surface area contributed by atoms with E-state index in [2.05, 4.69) is 5.32 Å². The lowest BCUT2D eigenvalue weighted by Crippen LogP contribution is -2.21. The molecule has 120 valence electrons. The quantitative estimate of drug-likeness (QED) is 0.857. The molecule has 2 aromatic rings. The second-order valence-corrected chi connectivity index (χ2v) is 5.51. The third-order valence-corrected chi connectivity index (χ3v) is 3.46. The van der Waals surface area contributed by atoms with Gasteiger partial charge >= 0.3 is 5.97 Å². The Balaban J connectivity index is 1.95. The van der Waals surface area contributed by atoms with Crippen molar-refractivity contribution in [2.45, 2.75) is 27.2 Å². The first-order valence-electron chi connectivity index (χ1n) is 7.62. The Bertz CT molecular complexity index is 702. The van der Waals surface area contributed by atoms with Crippen LogP contribution in [0.25, 0.3) is 0 Å². The van der Waals surface area contributed by atoms with E-state index >= 15 is 0 Å². The van der Waals surface area contributed by atoms with Crippen molar-refractivity contribution in [3.05, 3.63) is 64.7 Å². The second kappa shape index (κ2) is 7.58. The highest BCUT2D eigenvalue weighted by Gasteiger charge is 2.12. The highest BCUT2D eigenvalue weighted by molar-refractivity contribution is 5.96. The Hall–Kier alpha value is -2.62. The summed E-state index contributed by atoms with van der Waals surface area (Å²) in [5.74, 6) is -0.834. The molecule has 0 saturated carbocycles. The number of amides is 1. The van der Waals surface area contributed by atoms with Crippen molar-refractivity contribution in [1.82, 2.24) is 0 Å². The van der Waals surface area contributed by atoms with Gasteiger partial charge in [0.2, 0.25) is 0 Å². The lowest BCUT2D eigenvalue weighted by molar-refractivity contribution is -0.119. The summed E-state index contributed by atoms with van der Waals surface area (Å²) in [5.41, 5.74) is 4.23. The molecule has 0 radical (unpaired) electrons. The topological polar surface area (TPSA) is 55.4 Å². The summed E-state index contributed by atoms with van der Waals surface area (Å²) in [6.45, 7) is 5.55. The number of hydrogen-bond acceptors (Lipinski definition) is 3. The minimum absolute atomic E-state index is 0.302. The van der Waals surface area contributed by atoms with Crippen LogP contribution in [0, 0.1) is 13.8 Å². The monoisotopic (exact) mass is 311 g/mol. The van der Waals surface area contributed by atoms with Crippen molar-refractivity contribution < 1.29 is 14.3 Å². The largest absolute Gasteiger partial charge is 0.452 e. The van der Waals surface area contributed by atoms with Gasteiger partial charge in [-0.15, -0.1) is 0 Å². The molecule has 0 atom stereocenters. The van der Waals surface area contributed by atoms with Gasteiger partial charge in [-0.2, -0.15) is 0 Å². The summed E-state index contributed by atoms with van der Waals surface area (Å²) in [5, 5.41) is 2.77. The number of anilines is 1. The van der Waals surface area contributed by atoms with Gasteiger partial charge in [-0.05, 0) is 44.0 Å². The second-order valence-electron chi connectivity index (χ2n) is 5.51. The molecule has 0 aliphatic carbocycles. The van der Waals surface area contributed by atoms with E-state index in [9.17, 15) is 9.59 Å². The summed E-state index contributed by atoms with van der Waals surface area (Å²) >= 11 is 0. The van der Waals surface area contributed by atoms with Gasteiger partial charge in [-0.1, -0.05) is 42.3 Å². The Labute approximate surface area is 136 Å². The summed E-state index contributed by atoms with van der Waals surface area (Å²) in [4.78, 5) is 24.0. The number of benzene rings is 2. The van der Waals surface area contributed by atoms with Gasteiger partial charge in [0, 0.05) is 5.69 Å². The van der Waals surface area contributed by atoms with Crippen molar-refractivity contribution in [2.75, 3.05) is 11.9 Å². The zero-order valence-corrected chi connectivity index (χ0v) is 13.7. The number of carbonyl (C=O) groups is 2. The summed E-state index contributed by atoms with van der Waals surface area (Å²) in [6.07, 6.45) is 0.818. The van der Waals surface area contributed by atoms with Crippen molar-refractivity contribution >= 4 is 17.6 Å². The van der Waals surface area contributed by atoms with E-state index in [1.807, 2.05) is 51.1 Å². The number of ether oxygens (including phenoxy) is 1. The van der Waals surface area contributed by atoms with E-state index in [4.69, 9.17) is 4.74 Å². The molecule has 0 spiro atoms. The highest BCUT2D eigenvalue weighted by Crippen LogP contribution is 2.15. The Morgan fingerprint density at radius 2 is 1.70 bits per heavy atom. The van der Waals surface area contributed by atoms with E-state index < -0.39 is 5.97 Å². The van der Waals surface area contributed by atoms with E-state index in [-0.39, 0.29) is 12.5 Å². The fourth-order valence-electron chi connectivity index (χ4n) is 2.44. The molecule has 0 bridgehead atoms. The third kappa shape index (κ3) is 4.68. The first kappa shape index (κ1) is 16.7. The maximum Gasteiger partial charge on any atom is 0.338 e. The minimum atomic E-state index is -0.490. The Kier molecular flexibility index (Phi) is 5.52. The van der Waals surface area contributed by atoms with E-state index in [0.717, 1.165) is 28.8 Å². The fraction of sp³-hybridized carbons (Fsp3) is 0.263. The van der Waals surface area contributed by atoms with Crippen molar-refractivity contribution in [1.29, 1.82) is 0 Å². The van der Waals surface area contributed by atoms with Crippen LogP contribution in [-0.2, 0) is 16.0 Å². The normalized spacial score (nSPS) is 10.2. The zero-order chi connectivity index (χ0) is 16.8. The standard InChI is InChI=1S/C19H21NO3/c1-4-15-7-5-6-8-17(15)20-18(21)12-23-19(22)16-10-13(2)9-14(3)11-16/h5-11H,4,12H2,1-3H3,(H,20,21). The van der Waals surface area contributed by atoms with Crippen LogP contribution in [0.5, 0.6) is 0 Å². The van der Waals surface area contributed by atoms with Crippen LogP contribution in [0.1, 0.15) is 34.0 Å². The highest BCUT2D eigenvalue weighted by atomic mass is 16.5. The molecule has 0 heterocycles. The molecule has 0 saturated heterocycles. The molecule has 2 rings (SSSR count). The molecule has 1 N–H and O–H groups in total. The van der Waals surface area contributed by atoms with Crippen LogP contribution >= 0.6 is 0 Å². The maximum atomic E-state index is 12.0. The number of aryl methyl sites for hydroxylation is 3. The molecular weight excluding hydrogens is 290 g/mol. The predicted molar refractivity (Wildman–Crippen MR) is 90.6 cm³/mol. The van der Waals surface area contributed by atoms with Crippen LogP contribution < -0.4 is 5.32 Å². The molecule has 0 aromatic heterocycles. The van der Waals surface area contributed by atoms with Gasteiger partial charge in [0.1, 0.15) is 0 Å². The van der Waals surface area contributed by atoms with Crippen LogP contribution in [0.2, 0.25) is 0 Å². The number of rotatable bonds is 5. The molecule has 23 heavy (non-hydrogen) atoms. The number of para-hydroxylation sites is 1. The average molecular weight is 311 g/mol. The van der Waals surface area contributed by atoms with Crippen LogP contribution in [0.4, 0.5) is 5.69 Å². The molecule has 2 aromatic carbocycles. The molecule has 0 fully saturated rings. The van der Waals surface area contributed by atoms with Gasteiger partial charge in [-0.25, -0.2) is 4.79 Å². The van der Waals surface area contributed by atoms with Gasteiger partial charge in [0.25, 0.3) is 5.91 Å². The Morgan fingerprint density at radius 3 is 2.35 bits per heavy atom. The third-order valence-electron chi connectivity index (χ3n) is 3.46. The van der Waals surface area contributed by atoms with Crippen LogP contribution in [0.15, 0.2) is 42.5 Å². The predicted octanol–water partition coefficient (Wildman–Crippen LogP) is 3.66. The zero-order valence-electron chi connectivity index (χ0n) is 13.7. The van der Waals surface area contributed by atoms with E-state index in [1.165, 1.54) is 0 Å². The number of hydrogen-bond donors (Lipinski definition) is 1. The number of nitrogens with one attached hydrogen (secondary N) is 1. The first-order valence-corrected chi connectivity index (χ1v) is 7.62. The minimum Gasteiger partial charge on any atom is -0.452 e. The van der Waals surface area contributed by atoms with Gasteiger partial charge in [0.05, 0.1) is 5.56 Å². The van der Waals surface area contributed by atoms with Crippen molar-refractivity contribution in [2.24, 2.45) is 0 Å². The van der Waals surface area contributed by atoms with Gasteiger partial charge in [-0.3, -0.25) is 4.79 Å². The molecular formula is C19H21NO3. The molecule has 1 amide bonds. The van der Waals surface area contributed by atoms with Crippen LogP contribution in [0.3, 0.4) is 0 Å². The summed E-state index contributed by atoms with van der Waals surface area (Å²) in [7, 11) is 0.